The van der Waals surface area contributed by atoms with Gasteiger partial charge >= 0.3 is 6.09 Å². The number of rotatable bonds is 5. The Morgan fingerprint density at radius 1 is 1.13 bits per heavy atom. The quantitative estimate of drug-likeness (QED) is 0.458. The van der Waals surface area contributed by atoms with E-state index in [-0.39, 0.29) is 11.8 Å². The van der Waals surface area contributed by atoms with E-state index in [1.165, 1.54) is 4.57 Å². The van der Waals surface area contributed by atoms with Crippen LogP contribution in [0.15, 0.2) is 41.3 Å². The van der Waals surface area contributed by atoms with E-state index in [1.807, 2.05) is 32.0 Å². The maximum Gasteiger partial charge on any atom is 0.411 e. The molecule has 1 aromatic carbocycles. The number of alkyl halides is 1. The van der Waals surface area contributed by atoms with Crippen molar-refractivity contribution in [2.45, 2.75) is 30.5 Å². The second kappa shape index (κ2) is 9.57. The molecule has 1 aliphatic rings. The van der Waals surface area contributed by atoms with Crippen LogP contribution in [0.25, 0.3) is 0 Å². The van der Waals surface area contributed by atoms with Crippen LogP contribution in [0.4, 0.5) is 4.79 Å². The van der Waals surface area contributed by atoms with Gasteiger partial charge in [0.1, 0.15) is 0 Å². The highest BCUT2D eigenvalue weighted by Crippen LogP contribution is 2.21. The van der Waals surface area contributed by atoms with Gasteiger partial charge in [-0.3, -0.25) is 9.69 Å². The van der Waals surface area contributed by atoms with Crippen molar-refractivity contribution in [2.24, 2.45) is 0 Å². The summed E-state index contributed by atoms with van der Waals surface area (Å²) in [4.78, 5) is 28.6. The van der Waals surface area contributed by atoms with Gasteiger partial charge in [0.25, 0.3) is 5.56 Å². The summed E-state index contributed by atoms with van der Waals surface area (Å²) < 4.78 is 6.29. The molecule has 0 atom stereocenters. The van der Waals surface area contributed by atoms with Gasteiger partial charge < -0.3 is 19.3 Å². The van der Waals surface area contributed by atoms with E-state index < -0.39 is 9.17 Å². The molecule has 7 nitrogen and oxygen atoms in total. The molecular weight excluding hydrogens is 521 g/mol. The van der Waals surface area contributed by atoms with Gasteiger partial charge in [0, 0.05) is 49.5 Å². The van der Waals surface area contributed by atoms with Crippen molar-refractivity contribution in [3.05, 3.63) is 63.0 Å². The summed E-state index contributed by atoms with van der Waals surface area (Å²) in [5.41, 5.74) is 0.935. The molecular formula is C21H25ClIN3O4. The van der Waals surface area contributed by atoms with Crippen molar-refractivity contribution < 1.29 is 14.6 Å². The average Bonchev–Trinajstić information content (AvgIpc) is 2.68. The number of carbonyl (C=O) groups excluding carboxylic acids is 1. The minimum Gasteiger partial charge on any atom is -0.503 e. The summed E-state index contributed by atoms with van der Waals surface area (Å²) in [6, 6.07) is 9.07. The topological polar surface area (TPSA) is 75.0 Å². The summed E-state index contributed by atoms with van der Waals surface area (Å²) >= 11 is 8.25. The Kier molecular flexibility index (Phi) is 7.30. The van der Waals surface area contributed by atoms with Crippen molar-refractivity contribution in [3.63, 3.8) is 0 Å². The number of amides is 1. The zero-order chi connectivity index (χ0) is 21.9. The number of benzene rings is 1. The molecule has 3 rings (SSSR count). The number of carbonyl (C=O) groups is 1. The second-order valence-corrected chi connectivity index (χ2v) is 10.7. The number of hydrogen-bond donors (Lipinski definition) is 1. The van der Waals surface area contributed by atoms with Crippen molar-refractivity contribution in [1.29, 1.82) is 0 Å². The predicted molar refractivity (Wildman–Crippen MR) is 124 cm³/mol. The lowest BCUT2D eigenvalue weighted by molar-refractivity contribution is 0.0503. The lowest BCUT2D eigenvalue weighted by atomic mass is 10.2. The first kappa shape index (κ1) is 22.9. The molecule has 0 aliphatic carbocycles. The van der Waals surface area contributed by atoms with Crippen LogP contribution in [0.1, 0.15) is 25.0 Å². The summed E-state index contributed by atoms with van der Waals surface area (Å²) in [6.07, 6.45) is 1.36. The monoisotopic (exact) mass is 545 g/mol. The summed E-state index contributed by atoms with van der Waals surface area (Å²) in [5.74, 6) is -0.252. The number of aromatic nitrogens is 1. The molecule has 2 heterocycles. The highest BCUT2D eigenvalue weighted by Gasteiger charge is 2.27. The van der Waals surface area contributed by atoms with Crippen LogP contribution in [0, 0.1) is 0 Å². The Balaban J connectivity index is 1.62. The average molecular weight is 546 g/mol. The summed E-state index contributed by atoms with van der Waals surface area (Å²) in [6.45, 7) is 6.75. The minimum atomic E-state index is -0.550. The molecule has 1 saturated heterocycles. The van der Waals surface area contributed by atoms with Crippen molar-refractivity contribution in [3.8, 4) is 5.75 Å². The highest BCUT2D eigenvalue weighted by atomic mass is 127. The molecule has 1 N–H and O–H groups in total. The molecule has 1 aliphatic heterocycles. The normalized spacial score (nSPS) is 15.3. The third kappa shape index (κ3) is 5.89. The highest BCUT2D eigenvalue weighted by molar-refractivity contribution is 14.1. The van der Waals surface area contributed by atoms with Crippen LogP contribution in [0.3, 0.4) is 0 Å². The van der Waals surface area contributed by atoms with E-state index in [4.69, 9.17) is 16.3 Å². The Morgan fingerprint density at radius 3 is 2.43 bits per heavy atom. The standard InChI is InChI=1S/C21H25ClIN3O4/c1-21(2,23)30-20(29)25-11-9-24(10-12-25)13-16-7-8-26(19(28)18(16)27)14-15-5-3-4-6-17(15)22/h3-8,27H,9-14H2,1-2H3. The van der Waals surface area contributed by atoms with E-state index in [9.17, 15) is 14.7 Å². The largest absolute Gasteiger partial charge is 0.503 e. The molecule has 1 fully saturated rings. The van der Waals surface area contributed by atoms with Crippen LogP contribution in [-0.4, -0.2) is 55.4 Å². The van der Waals surface area contributed by atoms with Gasteiger partial charge in [-0.1, -0.05) is 29.8 Å². The van der Waals surface area contributed by atoms with E-state index >= 15 is 0 Å². The third-order valence-corrected chi connectivity index (χ3v) is 5.47. The third-order valence-electron chi connectivity index (χ3n) is 4.88. The lowest BCUT2D eigenvalue weighted by Crippen LogP contribution is -2.49. The molecule has 162 valence electrons. The van der Waals surface area contributed by atoms with E-state index in [1.54, 1.807) is 23.2 Å². The van der Waals surface area contributed by atoms with Gasteiger partial charge in [0.2, 0.25) is 0 Å². The van der Waals surface area contributed by atoms with Crippen molar-refractivity contribution in [2.75, 3.05) is 26.2 Å². The zero-order valence-corrected chi connectivity index (χ0v) is 19.9. The van der Waals surface area contributed by atoms with Gasteiger partial charge in [-0.05, 0) is 54.1 Å². The van der Waals surface area contributed by atoms with Crippen LogP contribution in [-0.2, 0) is 17.8 Å². The maximum atomic E-state index is 12.6. The smallest absolute Gasteiger partial charge is 0.411 e. The minimum absolute atomic E-state index is 0.252. The van der Waals surface area contributed by atoms with Crippen molar-refractivity contribution >= 4 is 40.3 Å². The molecule has 0 saturated carbocycles. The molecule has 0 bridgehead atoms. The van der Waals surface area contributed by atoms with Gasteiger partial charge in [-0.15, -0.1) is 0 Å². The molecule has 0 spiro atoms. The SMILES string of the molecule is CC(C)(I)OC(=O)N1CCN(Cc2ccn(Cc3ccccc3Cl)c(=O)c2O)CC1. The number of aromatic hydroxyl groups is 1. The van der Waals surface area contributed by atoms with Gasteiger partial charge in [-0.2, -0.15) is 0 Å². The molecule has 2 aromatic rings. The fraction of sp³-hybridized carbons (Fsp3) is 0.429. The first-order valence-electron chi connectivity index (χ1n) is 9.68. The van der Waals surface area contributed by atoms with Crippen LogP contribution in [0.2, 0.25) is 5.02 Å². The maximum absolute atomic E-state index is 12.6. The zero-order valence-electron chi connectivity index (χ0n) is 17.0. The predicted octanol–water partition coefficient (Wildman–Crippen LogP) is 3.68. The van der Waals surface area contributed by atoms with Crippen molar-refractivity contribution in [1.82, 2.24) is 14.4 Å². The molecule has 1 aromatic heterocycles. The molecule has 30 heavy (non-hydrogen) atoms. The fourth-order valence-electron chi connectivity index (χ4n) is 3.26. The molecule has 1 amide bonds. The van der Waals surface area contributed by atoms with E-state index in [0.717, 1.165) is 5.56 Å². The number of hydrogen-bond acceptors (Lipinski definition) is 5. The second-order valence-electron chi connectivity index (χ2n) is 7.71. The lowest BCUT2D eigenvalue weighted by Gasteiger charge is -2.35. The first-order chi connectivity index (χ1) is 14.1. The first-order valence-corrected chi connectivity index (χ1v) is 11.1. The Morgan fingerprint density at radius 2 is 1.80 bits per heavy atom. The number of ether oxygens (including phenoxy) is 1. The van der Waals surface area contributed by atoms with Crippen LogP contribution >= 0.6 is 34.2 Å². The molecule has 9 heteroatoms. The summed E-state index contributed by atoms with van der Waals surface area (Å²) in [7, 11) is 0. The van der Waals surface area contributed by atoms with E-state index in [2.05, 4.69) is 27.5 Å². The molecule has 0 unspecified atom stereocenters. The number of pyridine rings is 1. The van der Waals surface area contributed by atoms with Gasteiger partial charge in [0.05, 0.1) is 6.54 Å². The Labute approximate surface area is 194 Å². The Hall–Kier alpha value is -1.78. The number of nitrogens with zero attached hydrogens (tertiary/aromatic N) is 3. The number of piperazine rings is 1. The van der Waals surface area contributed by atoms with Gasteiger partial charge in [-0.25, -0.2) is 4.79 Å². The summed E-state index contributed by atoms with van der Waals surface area (Å²) in [5, 5.41) is 11.0. The Bertz CT molecular complexity index is 965. The van der Waals surface area contributed by atoms with Crippen LogP contribution < -0.4 is 5.56 Å². The van der Waals surface area contributed by atoms with Gasteiger partial charge in [0.15, 0.2) is 9.36 Å². The van der Waals surface area contributed by atoms with E-state index in [0.29, 0.717) is 49.9 Å². The number of halogens is 2. The fourth-order valence-corrected chi connectivity index (χ4v) is 3.65. The molecule has 0 radical (unpaired) electrons. The van der Waals surface area contributed by atoms with Crippen LogP contribution in [0.5, 0.6) is 5.75 Å².